The molecule has 2 aromatic carbocycles. The first kappa shape index (κ1) is 17.3. The van der Waals surface area contributed by atoms with Crippen LogP contribution in [0, 0.1) is 0 Å². The third-order valence-electron chi connectivity index (χ3n) is 4.51. The molecule has 1 aliphatic heterocycles. The van der Waals surface area contributed by atoms with E-state index in [4.69, 9.17) is 9.15 Å². The molecule has 0 atom stereocenters. The number of hydrogen-bond acceptors (Lipinski definition) is 5. The van der Waals surface area contributed by atoms with Gasteiger partial charge in [-0.2, -0.15) is 0 Å². The van der Waals surface area contributed by atoms with Crippen molar-refractivity contribution in [2.45, 2.75) is 4.90 Å². The van der Waals surface area contributed by atoms with E-state index in [1.54, 1.807) is 36.8 Å². The SMILES string of the molecule is CS(=O)(=O)c1ccc(C2=C(c3ccc(-c4ccoc4)cc3)C(=O)OC2)cc1. The fourth-order valence-electron chi connectivity index (χ4n) is 3.09. The molecule has 0 amide bonds. The average molecular weight is 380 g/mol. The average Bonchev–Trinajstić information content (AvgIpc) is 3.31. The Kier molecular flexibility index (Phi) is 4.20. The Morgan fingerprint density at radius 2 is 1.44 bits per heavy atom. The maximum absolute atomic E-state index is 12.3. The van der Waals surface area contributed by atoms with Crippen molar-refractivity contribution in [3.63, 3.8) is 0 Å². The van der Waals surface area contributed by atoms with E-state index in [1.807, 2.05) is 30.3 Å². The molecule has 1 aliphatic rings. The summed E-state index contributed by atoms with van der Waals surface area (Å²) < 4.78 is 33.6. The van der Waals surface area contributed by atoms with Crippen LogP contribution in [0.5, 0.6) is 0 Å². The zero-order valence-electron chi connectivity index (χ0n) is 14.5. The van der Waals surface area contributed by atoms with Gasteiger partial charge < -0.3 is 9.15 Å². The molecule has 27 heavy (non-hydrogen) atoms. The lowest BCUT2D eigenvalue weighted by Gasteiger charge is -2.07. The number of carbonyl (C=O) groups is 1. The molecule has 3 aromatic rings. The third-order valence-corrected chi connectivity index (χ3v) is 5.64. The molecule has 0 spiro atoms. The summed E-state index contributed by atoms with van der Waals surface area (Å²) in [6, 6.07) is 15.9. The Bertz CT molecular complexity index is 1120. The van der Waals surface area contributed by atoms with Crippen molar-refractivity contribution in [2.24, 2.45) is 0 Å². The van der Waals surface area contributed by atoms with E-state index >= 15 is 0 Å². The van der Waals surface area contributed by atoms with Gasteiger partial charge in [0.1, 0.15) is 6.61 Å². The summed E-state index contributed by atoms with van der Waals surface area (Å²) in [7, 11) is -3.27. The van der Waals surface area contributed by atoms with Crippen molar-refractivity contribution in [2.75, 3.05) is 12.9 Å². The predicted octanol–water partition coefficient (Wildman–Crippen LogP) is 3.82. The largest absolute Gasteiger partial charge is 0.472 e. The van der Waals surface area contributed by atoms with Gasteiger partial charge in [-0.25, -0.2) is 13.2 Å². The second-order valence-corrected chi connectivity index (χ2v) is 8.33. The molecule has 6 heteroatoms. The van der Waals surface area contributed by atoms with Crippen molar-refractivity contribution in [1.82, 2.24) is 0 Å². The van der Waals surface area contributed by atoms with Crippen LogP contribution in [0.2, 0.25) is 0 Å². The zero-order valence-corrected chi connectivity index (χ0v) is 15.3. The molecule has 0 saturated carbocycles. The summed E-state index contributed by atoms with van der Waals surface area (Å²) in [4.78, 5) is 12.5. The highest BCUT2D eigenvalue weighted by atomic mass is 32.2. The number of ether oxygens (including phenoxy) is 1. The van der Waals surface area contributed by atoms with Crippen molar-refractivity contribution in [3.05, 3.63) is 78.3 Å². The van der Waals surface area contributed by atoms with Gasteiger partial charge in [-0.1, -0.05) is 36.4 Å². The summed E-state index contributed by atoms with van der Waals surface area (Å²) in [5.41, 5.74) is 4.71. The first-order valence-corrected chi connectivity index (χ1v) is 10.2. The minimum atomic E-state index is -3.27. The second kappa shape index (κ2) is 6.55. The number of cyclic esters (lactones) is 1. The Hall–Kier alpha value is -3.12. The normalized spacial score (nSPS) is 14.5. The predicted molar refractivity (Wildman–Crippen MR) is 101 cm³/mol. The lowest BCUT2D eigenvalue weighted by atomic mass is 9.95. The van der Waals surface area contributed by atoms with E-state index < -0.39 is 9.84 Å². The monoisotopic (exact) mass is 380 g/mol. The van der Waals surface area contributed by atoms with Crippen LogP contribution in [0.15, 0.2) is 76.4 Å². The Morgan fingerprint density at radius 1 is 0.815 bits per heavy atom. The molecular weight excluding hydrogens is 364 g/mol. The van der Waals surface area contributed by atoms with Gasteiger partial charge in [0.25, 0.3) is 0 Å². The molecule has 0 radical (unpaired) electrons. The van der Waals surface area contributed by atoms with Gasteiger partial charge >= 0.3 is 5.97 Å². The number of benzene rings is 2. The number of hydrogen-bond donors (Lipinski definition) is 0. The fraction of sp³-hybridized carbons (Fsp3) is 0.0952. The van der Waals surface area contributed by atoms with E-state index in [-0.39, 0.29) is 17.5 Å². The highest BCUT2D eigenvalue weighted by Gasteiger charge is 2.27. The summed E-state index contributed by atoms with van der Waals surface area (Å²) in [6.45, 7) is 0.163. The number of rotatable bonds is 4. The van der Waals surface area contributed by atoms with Gasteiger partial charge in [-0.3, -0.25) is 0 Å². The Balaban J connectivity index is 1.74. The summed E-state index contributed by atoms with van der Waals surface area (Å²) in [5, 5.41) is 0. The van der Waals surface area contributed by atoms with Crippen LogP contribution in [0.3, 0.4) is 0 Å². The molecule has 136 valence electrons. The summed E-state index contributed by atoms with van der Waals surface area (Å²) >= 11 is 0. The standard InChI is InChI=1S/C21H16O5S/c1-27(23,24)18-8-6-15(7-9-18)19-13-26-21(22)20(19)16-4-2-14(3-5-16)17-10-11-25-12-17/h2-12H,13H2,1H3. The topological polar surface area (TPSA) is 73.6 Å². The van der Waals surface area contributed by atoms with Gasteiger partial charge in [0, 0.05) is 17.4 Å². The van der Waals surface area contributed by atoms with E-state index in [9.17, 15) is 13.2 Å². The first-order valence-electron chi connectivity index (χ1n) is 8.27. The Morgan fingerprint density at radius 3 is 2.04 bits per heavy atom. The van der Waals surface area contributed by atoms with E-state index in [0.29, 0.717) is 5.57 Å². The highest BCUT2D eigenvalue weighted by molar-refractivity contribution is 7.90. The molecule has 0 bridgehead atoms. The summed E-state index contributed by atoms with van der Waals surface area (Å²) in [5.74, 6) is -0.381. The van der Waals surface area contributed by atoms with Crippen LogP contribution in [0.25, 0.3) is 22.3 Å². The number of esters is 1. The van der Waals surface area contributed by atoms with E-state index in [2.05, 4.69) is 0 Å². The van der Waals surface area contributed by atoms with Crippen LogP contribution in [-0.2, 0) is 19.4 Å². The van der Waals surface area contributed by atoms with Gasteiger partial charge in [-0.05, 0) is 34.9 Å². The molecule has 0 aliphatic carbocycles. The molecule has 5 nitrogen and oxygen atoms in total. The molecule has 2 heterocycles. The molecule has 1 aromatic heterocycles. The first-order chi connectivity index (χ1) is 12.9. The molecule has 0 fully saturated rings. The minimum absolute atomic E-state index is 0.163. The maximum atomic E-state index is 12.3. The fourth-order valence-corrected chi connectivity index (χ4v) is 3.72. The maximum Gasteiger partial charge on any atom is 0.339 e. The van der Waals surface area contributed by atoms with Crippen molar-refractivity contribution >= 4 is 27.0 Å². The van der Waals surface area contributed by atoms with Crippen molar-refractivity contribution in [3.8, 4) is 11.1 Å². The van der Waals surface area contributed by atoms with Gasteiger partial charge in [0.15, 0.2) is 9.84 Å². The minimum Gasteiger partial charge on any atom is -0.472 e. The molecule has 0 unspecified atom stereocenters. The van der Waals surface area contributed by atoms with Crippen LogP contribution in [-0.4, -0.2) is 27.2 Å². The van der Waals surface area contributed by atoms with Crippen LogP contribution >= 0.6 is 0 Å². The van der Waals surface area contributed by atoms with Crippen LogP contribution in [0.4, 0.5) is 0 Å². The zero-order chi connectivity index (χ0) is 19.0. The number of furan rings is 1. The van der Waals surface area contributed by atoms with Gasteiger partial charge in [0.2, 0.25) is 0 Å². The number of carbonyl (C=O) groups excluding carboxylic acids is 1. The molecule has 0 N–H and O–H groups in total. The smallest absolute Gasteiger partial charge is 0.339 e. The highest BCUT2D eigenvalue weighted by Crippen LogP contribution is 2.34. The third kappa shape index (κ3) is 3.31. The lowest BCUT2D eigenvalue weighted by molar-refractivity contribution is -0.133. The lowest BCUT2D eigenvalue weighted by Crippen LogP contribution is -1.98. The van der Waals surface area contributed by atoms with Crippen LogP contribution < -0.4 is 0 Å². The van der Waals surface area contributed by atoms with Crippen LogP contribution in [0.1, 0.15) is 11.1 Å². The van der Waals surface area contributed by atoms with Crippen molar-refractivity contribution < 1.29 is 22.4 Å². The second-order valence-electron chi connectivity index (χ2n) is 6.32. The number of sulfone groups is 1. The van der Waals surface area contributed by atoms with Crippen molar-refractivity contribution in [1.29, 1.82) is 0 Å². The quantitative estimate of drug-likeness (QED) is 0.644. The molecule has 0 saturated heterocycles. The van der Waals surface area contributed by atoms with Gasteiger partial charge in [-0.15, -0.1) is 0 Å². The van der Waals surface area contributed by atoms with Gasteiger partial charge in [0.05, 0.1) is 23.0 Å². The summed E-state index contributed by atoms with van der Waals surface area (Å²) in [6.07, 6.45) is 4.43. The molecular formula is C21H16O5S. The van der Waals surface area contributed by atoms with E-state index in [1.165, 1.54) is 0 Å². The molecule has 4 rings (SSSR count). The Labute approximate surface area is 156 Å². The van der Waals surface area contributed by atoms with E-state index in [0.717, 1.165) is 34.1 Å².